The van der Waals surface area contributed by atoms with Crippen molar-refractivity contribution in [1.82, 2.24) is 4.98 Å². The summed E-state index contributed by atoms with van der Waals surface area (Å²) in [7, 11) is -4.11. The van der Waals surface area contributed by atoms with Gasteiger partial charge in [-0.3, -0.25) is 15.2 Å². The van der Waals surface area contributed by atoms with Crippen LogP contribution in [0.1, 0.15) is 35.3 Å². The molecule has 0 bridgehead atoms. The number of pyridine rings is 1. The van der Waals surface area contributed by atoms with E-state index in [1.54, 1.807) is 55.7 Å². The Morgan fingerprint density at radius 3 is 2.12 bits per heavy atom. The third-order valence-corrected chi connectivity index (χ3v) is 6.89. The molecule has 1 aromatic heterocycles. The highest BCUT2D eigenvalue weighted by atomic mass is 35.5. The Morgan fingerprint density at radius 1 is 1.03 bits per heavy atom. The van der Waals surface area contributed by atoms with Crippen LogP contribution >= 0.6 is 24.8 Å². The minimum atomic E-state index is -4.11. The van der Waals surface area contributed by atoms with Crippen LogP contribution in [0.25, 0.3) is 0 Å². The van der Waals surface area contributed by atoms with Crippen molar-refractivity contribution in [3.8, 4) is 0 Å². The predicted octanol–water partition coefficient (Wildman–Crippen LogP) is 4.79. The number of carbonyl (C=O) groups excluding carboxylic acids is 1. The number of sulfone groups is 1. The summed E-state index contributed by atoms with van der Waals surface area (Å²) in [5.74, 6) is -1.66. The van der Waals surface area contributed by atoms with Crippen LogP contribution in [0.3, 0.4) is 0 Å². The lowest BCUT2D eigenvalue weighted by atomic mass is 9.92. The molecule has 0 fully saturated rings. The second-order valence-electron chi connectivity index (χ2n) is 7.17. The fraction of sp³-hybridized carbons (Fsp3) is 0.174. The third kappa shape index (κ3) is 6.60. The molecule has 2 aromatic carbocycles. The maximum absolute atomic E-state index is 13.2. The van der Waals surface area contributed by atoms with E-state index in [9.17, 15) is 17.6 Å². The van der Waals surface area contributed by atoms with Crippen LogP contribution in [0, 0.1) is 17.1 Å². The lowest BCUT2D eigenvalue weighted by Gasteiger charge is -2.24. The van der Waals surface area contributed by atoms with Crippen LogP contribution in [-0.2, 0) is 9.84 Å². The van der Waals surface area contributed by atoms with Crippen LogP contribution < -0.4 is 11.1 Å². The molecule has 0 saturated heterocycles. The first-order chi connectivity index (χ1) is 15.2. The average Bonchev–Trinajstić information content (AvgIpc) is 2.80. The number of nitrogens with zero attached hydrogens (tertiary/aromatic N) is 1. The van der Waals surface area contributed by atoms with Crippen LogP contribution in [0.15, 0.2) is 78.0 Å². The fourth-order valence-corrected chi connectivity index (χ4v) is 4.73. The molecule has 7 nitrogen and oxygen atoms in total. The Kier molecular flexibility index (Phi) is 10.8. The Balaban J connectivity index is 0.00000289. The van der Waals surface area contributed by atoms with E-state index in [1.807, 2.05) is 0 Å². The van der Waals surface area contributed by atoms with Crippen LogP contribution in [0.2, 0.25) is 0 Å². The largest absolute Gasteiger partial charge is 0.323 e. The third-order valence-electron chi connectivity index (χ3n) is 5.12. The highest BCUT2D eigenvalue weighted by Gasteiger charge is 2.32. The monoisotopic (exact) mass is 526 g/mol. The summed E-state index contributed by atoms with van der Waals surface area (Å²) in [5.41, 5.74) is 7.93. The molecule has 0 aliphatic heterocycles. The van der Waals surface area contributed by atoms with Gasteiger partial charge in [0, 0.05) is 35.6 Å². The molecular weight excluding hydrogens is 502 g/mol. The van der Waals surface area contributed by atoms with Gasteiger partial charge in [-0.1, -0.05) is 19.1 Å². The van der Waals surface area contributed by atoms with E-state index in [-0.39, 0.29) is 35.6 Å². The van der Waals surface area contributed by atoms with Crippen molar-refractivity contribution < 1.29 is 17.6 Å². The number of anilines is 1. The topological polar surface area (TPSA) is 126 Å². The number of nitrogens with two attached hydrogens (primary N) is 1. The Hall–Kier alpha value is -2.85. The molecule has 34 heavy (non-hydrogen) atoms. The second kappa shape index (κ2) is 12.6. The first-order valence-corrected chi connectivity index (χ1v) is 11.4. The van der Waals surface area contributed by atoms with Crippen molar-refractivity contribution in [2.45, 2.75) is 24.3 Å². The van der Waals surface area contributed by atoms with E-state index in [4.69, 9.17) is 11.1 Å². The van der Waals surface area contributed by atoms with Crippen LogP contribution in [-0.4, -0.2) is 24.4 Å². The first kappa shape index (κ1) is 29.2. The molecule has 0 aliphatic carbocycles. The number of hydrogen-bond donors (Lipinski definition) is 3. The summed E-state index contributed by atoms with van der Waals surface area (Å²) in [4.78, 5) is 16.1. The minimum absolute atomic E-state index is 0. The summed E-state index contributed by atoms with van der Waals surface area (Å²) in [6.45, 7) is 1.75. The van der Waals surface area contributed by atoms with Gasteiger partial charge in [-0.05, 0) is 60.5 Å². The zero-order chi connectivity index (χ0) is 23.3. The van der Waals surface area contributed by atoms with Gasteiger partial charge < -0.3 is 11.1 Å². The quantitative estimate of drug-likeness (QED) is 0.231. The maximum Gasteiger partial charge on any atom is 0.255 e. The lowest BCUT2D eigenvalue weighted by Crippen LogP contribution is -2.32. The van der Waals surface area contributed by atoms with Gasteiger partial charge in [-0.2, -0.15) is 0 Å². The van der Waals surface area contributed by atoms with E-state index in [0.29, 0.717) is 23.2 Å². The van der Waals surface area contributed by atoms with Crippen molar-refractivity contribution in [3.63, 3.8) is 0 Å². The molecule has 4 N–H and O–H groups in total. The first-order valence-electron chi connectivity index (χ1n) is 9.90. The molecule has 1 heterocycles. The Bertz CT molecular complexity index is 1210. The average molecular weight is 527 g/mol. The SMILES string of the molecule is CCC(C(=N)S(=O)(=O)c1ccc(F)cc1)C(N)c1ccc(C(=O)Nc2ccncc2)cc1.Cl.Cl. The molecule has 182 valence electrons. The van der Waals surface area contributed by atoms with Gasteiger partial charge in [0.1, 0.15) is 10.9 Å². The molecule has 3 aromatic rings. The van der Waals surface area contributed by atoms with Gasteiger partial charge in [0.05, 0.1) is 4.90 Å². The number of benzene rings is 2. The minimum Gasteiger partial charge on any atom is -0.323 e. The number of hydrogen-bond acceptors (Lipinski definition) is 6. The molecule has 3 rings (SSSR count). The van der Waals surface area contributed by atoms with Crippen LogP contribution in [0.4, 0.5) is 10.1 Å². The Labute approximate surface area is 210 Å². The summed E-state index contributed by atoms with van der Waals surface area (Å²) in [6, 6.07) is 13.4. The molecule has 0 spiro atoms. The van der Waals surface area contributed by atoms with Crippen molar-refractivity contribution in [2.24, 2.45) is 11.7 Å². The molecule has 2 unspecified atom stereocenters. The smallest absolute Gasteiger partial charge is 0.255 e. The van der Waals surface area contributed by atoms with E-state index in [2.05, 4.69) is 10.3 Å². The number of amides is 1. The van der Waals surface area contributed by atoms with E-state index in [1.165, 1.54) is 0 Å². The predicted molar refractivity (Wildman–Crippen MR) is 135 cm³/mol. The number of aromatic nitrogens is 1. The van der Waals surface area contributed by atoms with E-state index >= 15 is 0 Å². The Morgan fingerprint density at radius 2 is 1.59 bits per heavy atom. The highest BCUT2D eigenvalue weighted by molar-refractivity contribution is 8.06. The van der Waals surface area contributed by atoms with Crippen molar-refractivity contribution in [2.75, 3.05) is 5.32 Å². The van der Waals surface area contributed by atoms with Crippen LogP contribution in [0.5, 0.6) is 0 Å². The van der Waals surface area contributed by atoms with Crippen molar-refractivity contribution >= 4 is 51.3 Å². The number of halogens is 3. The molecular formula is C23H25Cl2FN4O3S. The summed E-state index contributed by atoms with van der Waals surface area (Å²) in [6.07, 6.45) is 3.44. The van der Waals surface area contributed by atoms with Gasteiger partial charge in [0.25, 0.3) is 5.91 Å². The van der Waals surface area contributed by atoms with Gasteiger partial charge in [0.2, 0.25) is 9.84 Å². The van der Waals surface area contributed by atoms with Gasteiger partial charge in [0.15, 0.2) is 0 Å². The molecule has 0 aliphatic rings. The number of nitrogens with one attached hydrogen (secondary N) is 2. The zero-order valence-electron chi connectivity index (χ0n) is 18.1. The summed E-state index contributed by atoms with van der Waals surface area (Å²) in [5, 5.41) is 10.5. The standard InChI is InChI=1S/C23H23FN4O3S.2ClH/c1-2-20(22(26)32(30,31)19-9-7-17(24)8-10-19)21(25)15-3-5-16(6-4-15)23(29)28-18-11-13-27-14-12-18;;/h3-14,20-21,26H,2,25H2,1H3,(H,27,28,29);2*1H. The number of carbonyl (C=O) groups is 1. The van der Waals surface area contributed by atoms with E-state index < -0.39 is 32.7 Å². The van der Waals surface area contributed by atoms with Gasteiger partial charge in [-0.15, -0.1) is 24.8 Å². The molecule has 0 saturated carbocycles. The molecule has 1 amide bonds. The zero-order valence-corrected chi connectivity index (χ0v) is 20.6. The highest BCUT2D eigenvalue weighted by Crippen LogP contribution is 2.28. The molecule has 0 radical (unpaired) electrons. The fourth-order valence-electron chi connectivity index (χ4n) is 3.27. The van der Waals surface area contributed by atoms with Gasteiger partial charge in [-0.25, -0.2) is 12.8 Å². The van der Waals surface area contributed by atoms with E-state index in [0.717, 1.165) is 24.3 Å². The number of rotatable bonds is 7. The molecule has 2 atom stereocenters. The van der Waals surface area contributed by atoms with Crippen molar-refractivity contribution in [1.29, 1.82) is 5.41 Å². The van der Waals surface area contributed by atoms with Crippen molar-refractivity contribution in [3.05, 3.63) is 90.0 Å². The summed E-state index contributed by atoms with van der Waals surface area (Å²) < 4.78 is 38.8. The normalized spacial score (nSPS) is 12.4. The van der Waals surface area contributed by atoms with Gasteiger partial charge >= 0.3 is 0 Å². The second-order valence-corrected chi connectivity index (χ2v) is 9.09. The maximum atomic E-state index is 13.2. The summed E-state index contributed by atoms with van der Waals surface area (Å²) >= 11 is 0. The molecule has 11 heteroatoms. The lowest BCUT2D eigenvalue weighted by molar-refractivity contribution is 0.102.